The van der Waals surface area contributed by atoms with Gasteiger partial charge in [0.2, 0.25) is 0 Å². The number of carbonyl (C=O) groups is 1. The lowest BCUT2D eigenvalue weighted by molar-refractivity contribution is 0.0933. The quantitative estimate of drug-likeness (QED) is 0.764. The lowest BCUT2D eigenvalue weighted by atomic mass is 9.87. The Balaban J connectivity index is 1.47. The van der Waals surface area contributed by atoms with Crippen LogP contribution in [-0.2, 0) is 19.4 Å². The minimum Gasteiger partial charge on any atom is -0.345 e. The maximum absolute atomic E-state index is 12.9. The summed E-state index contributed by atoms with van der Waals surface area (Å²) in [6.45, 7) is 0.737. The van der Waals surface area contributed by atoms with E-state index in [1.807, 2.05) is 6.07 Å². The van der Waals surface area contributed by atoms with Crippen LogP contribution in [0.15, 0.2) is 47.3 Å². The van der Waals surface area contributed by atoms with Crippen LogP contribution >= 0.6 is 0 Å². The molecule has 5 rings (SSSR count). The van der Waals surface area contributed by atoms with Crippen molar-refractivity contribution >= 4 is 16.8 Å². The molecule has 0 fully saturated rings. The highest BCUT2D eigenvalue weighted by atomic mass is 16.1. The average Bonchev–Trinajstić information content (AvgIpc) is 3.17. The Bertz CT molecular complexity index is 1120. The summed E-state index contributed by atoms with van der Waals surface area (Å²) in [5.41, 5.74) is 3.70. The third-order valence-electron chi connectivity index (χ3n) is 5.75. The fourth-order valence-electron chi connectivity index (χ4n) is 4.37. The van der Waals surface area contributed by atoms with Gasteiger partial charge in [-0.1, -0.05) is 24.3 Å². The smallest absolute Gasteiger partial charge is 0.261 e. The van der Waals surface area contributed by atoms with Crippen molar-refractivity contribution in [3.8, 4) is 0 Å². The van der Waals surface area contributed by atoms with Gasteiger partial charge in [0.25, 0.3) is 11.5 Å². The first-order valence-corrected chi connectivity index (χ1v) is 9.63. The van der Waals surface area contributed by atoms with Crippen LogP contribution in [0.3, 0.4) is 0 Å². The number of rotatable bonds is 2. The maximum Gasteiger partial charge on any atom is 0.261 e. The van der Waals surface area contributed by atoms with E-state index in [4.69, 9.17) is 0 Å². The first-order valence-electron chi connectivity index (χ1n) is 9.63. The number of amides is 1. The van der Waals surface area contributed by atoms with E-state index in [1.54, 1.807) is 22.8 Å². The van der Waals surface area contributed by atoms with Crippen molar-refractivity contribution in [2.75, 3.05) is 0 Å². The lowest BCUT2D eigenvalue weighted by Crippen LogP contribution is -2.31. The summed E-state index contributed by atoms with van der Waals surface area (Å²) < 4.78 is 1.75. The van der Waals surface area contributed by atoms with Crippen molar-refractivity contribution in [1.29, 1.82) is 0 Å². The van der Waals surface area contributed by atoms with Crippen molar-refractivity contribution in [2.24, 2.45) is 0 Å². The van der Waals surface area contributed by atoms with Crippen LogP contribution in [0.25, 0.3) is 10.9 Å². The van der Waals surface area contributed by atoms with Gasteiger partial charge in [0, 0.05) is 18.5 Å². The molecule has 27 heavy (non-hydrogen) atoms. The highest BCUT2D eigenvalue weighted by molar-refractivity contribution is 5.97. The van der Waals surface area contributed by atoms with E-state index in [1.165, 1.54) is 11.1 Å². The SMILES string of the molecule is O=C(N[C@H]1CCCc2ccccc21)c1ccc2c(=O)n3c(nc2c1)CCC3. The molecule has 136 valence electrons. The Morgan fingerprint density at radius 1 is 1.11 bits per heavy atom. The number of aromatic nitrogens is 2. The number of hydrogen-bond donors (Lipinski definition) is 1. The molecule has 3 aromatic rings. The molecule has 0 saturated heterocycles. The predicted octanol–water partition coefficient (Wildman–Crippen LogP) is 3.15. The lowest BCUT2D eigenvalue weighted by Gasteiger charge is -2.26. The molecule has 0 spiro atoms. The number of aryl methyl sites for hydroxylation is 2. The van der Waals surface area contributed by atoms with Gasteiger partial charge in [-0.3, -0.25) is 14.2 Å². The Morgan fingerprint density at radius 2 is 2.00 bits per heavy atom. The highest BCUT2D eigenvalue weighted by Gasteiger charge is 2.22. The second kappa shape index (κ2) is 6.34. The zero-order chi connectivity index (χ0) is 18.4. The van der Waals surface area contributed by atoms with Crippen LogP contribution < -0.4 is 10.9 Å². The van der Waals surface area contributed by atoms with E-state index in [9.17, 15) is 9.59 Å². The van der Waals surface area contributed by atoms with Crippen molar-refractivity contribution < 1.29 is 4.79 Å². The van der Waals surface area contributed by atoms with Crippen LogP contribution in [0.4, 0.5) is 0 Å². The molecule has 1 amide bonds. The molecular weight excluding hydrogens is 338 g/mol. The number of hydrogen-bond acceptors (Lipinski definition) is 3. The molecule has 0 unspecified atom stereocenters. The first-order chi connectivity index (χ1) is 13.2. The molecule has 2 aliphatic rings. The van der Waals surface area contributed by atoms with Crippen LogP contribution in [0, 0.1) is 0 Å². The van der Waals surface area contributed by atoms with Gasteiger partial charge >= 0.3 is 0 Å². The Hall–Kier alpha value is -2.95. The van der Waals surface area contributed by atoms with Crippen molar-refractivity contribution in [2.45, 2.75) is 44.7 Å². The molecule has 5 nitrogen and oxygen atoms in total. The number of benzene rings is 2. The second-order valence-corrected chi connectivity index (χ2v) is 7.44. The fourth-order valence-corrected chi connectivity index (χ4v) is 4.37. The zero-order valence-electron chi connectivity index (χ0n) is 15.1. The van der Waals surface area contributed by atoms with Gasteiger partial charge in [-0.15, -0.1) is 0 Å². The van der Waals surface area contributed by atoms with Gasteiger partial charge in [-0.25, -0.2) is 4.98 Å². The van der Waals surface area contributed by atoms with Crippen LogP contribution in [0.2, 0.25) is 0 Å². The summed E-state index contributed by atoms with van der Waals surface area (Å²) in [5, 5.41) is 3.76. The monoisotopic (exact) mass is 359 g/mol. The molecule has 1 aliphatic heterocycles. The fraction of sp³-hybridized carbons (Fsp3) is 0.318. The van der Waals surface area contributed by atoms with Gasteiger partial charge in [0.15, 0.2) is 0 Å². The number of nitrogens with one attached hydrogen (secondary N) is 1. The summed E-state index contributed by atoms with van der Waals surface area (Å²) >= 11 is 0. The summed E-state index contributed by atoms with van der Waals surface area (Å²) in [5.74, 6) is 0.715. The molecule has 1 aromatic heterocycles. The largest absolute Gasteiger partial charge is 0.345 e. The third kappa shape index (κ3) is 2.74. The summed E-state index contributed by atoms with van der Waals surface area (Å²) in [6.07, 6.45) is 4.86. The average molecular weight is 359 g/mol. The molecule has 1 N–H and O–H groups in total. The van der Waals surface area contributed by atoms with Gasteiger partial charge in [0.1, 0.15) is 5.82 Å². The van der Waals surface area contributed by atoms with E-state index in [0.717, 1.165) is 44.5 Å². The first kappa shape index (κ1) is 16.2. The zero-order valence-corrected chi connectivity index (χ0v) is 15.1. The van der Waals surface area contributed by atoms with E-state index in [-0.39, 0.29) is 17.5 Å². The highest BCUT2D eigenvalue weighted by Crippen LogP contribution is 2.29. The molecule has 0 bridgehead atoms. The Kier molecular flexibility index (Phi) is 3.81. The van der Waals surface area contributed by atoms with Crippen molar-refractivity contribution in [3.05, 3.63) is 75.3 Å². The molecule has 2 heterocycles. The molecular formula is C22H21N3O2. The molecule has 0 radical (unpaired) electrons. The summed E-state index contributed by atoms with van der Waals surface area (Å²) in [4.78, 5) is 30.1. The van der Waals surface area contributed by atoms with E-state index < -0.39 is 0 Å². The van der Waals surface area contributed by atoms with Gasteiger partial charge < -0.3 is 5.32 Å². The van der Waals surface area contributed by atoms with E-state index in [2.05, 4.69) is 28.5 Å². The summed E-state index contributed by atoms with van der Waals surface area (Å²) in [7, 11) is 0. The molecule has 1 atom stereocenters. The van der Waals surface area contributed by atoms with Gasteiger partial charge in [0.05, 0.1) is 16.9 Å². The number of nitrogens with zero attached hydrogens (tertiary/aromatic N) is 2. The summed E-state index contributed by atoms with van der Waals surface area (Å²) in [6, 6.07) is 13.6. The number of fused-ring (bicyclic) bond motifs is 3. The van der Waals surface area contributed by atoms with Crippen molar-refractivity contribution in [3.63, 3.8) is 0 Å². The predicted molar refractivity (Wildman–Crippen MR) is 104 cm³/mol. The van der Waals surface area contributed by atoms with Crippen LogP contribution in [-0.4, -0.2) is 15.5 Å². The molecule has 2 aromatic carbocycles. The molecule has 0 saturated carbocycles. The molecule has 1 aliphatic carbocycles. The Morgan fingerprint density at radius 3 is 2.93 bits per heavy atom. The minimum atomic E-state index is -0.110. The minimum absolute atomic E-state index is 0.000617. The molecule has 5 heteroatoms. The van der Waals surface area contributed by atoms with Gasteiger partial charge in [-0.2, -0.15) is 0 Å². The Labute approximate surface area is 157 Å². The van der Waals surface area contributed by atoms with E-state index >= 15 is 0 Å². The normalized spacial score (nSPS) is 18.1. The topological polar surface area (TPSA) is 64.0 Å². The number of carbonyl (C=O) groups excluding carboxylic acids is 1. The van der Waals surface area contributed by atoms with E-state index in [0.29, 0.717) is 16.5 Å². The third-order valence-corrected chi connectivity index (χ3v) is 5.75. The van der Waals surface area contributed by atoms with Gasteiger partial charge in [-0.05, 0) is 55.0 Å². The second-order valence-electron chi connectivity index (χ2n) is 7.44. The maximum atomic E-state index is 12.9. The standard InChI is InChI=1S/C22H21N3O2/c26-21(24-18-8-3-6-14-5-1-2-7-16(14)18)15-10-11-17-19(13-15)23-20-9-4-12-25(20)22(17)27/h1-2,5,7,10-11,13,18H,3-4,6,8-9,12H2,(H,24,26)/t18-/m0/s1. The van der Waals surface area contributed by atoms with Crippen LogP contribution in [0.5, 0.6) is 0 Å². The van der Waals surface area contributed by atoms with Crippen LogP contribution in [0.1, 0.15) is 52.6 Å². The van der Waals surface area contributed by atoms with Crippen molar-refractivity contribution in [1.82, 2.24) is 14.9 Å².